The van der Waals surface area contributed by atoms with Crippen LogP contribution in [0.4, 0.5) is 8.78 Å². The van der Waals surface area contributed by atoms with E-state index in [9.17, 15) is 8.78 Å². The molecule has 1 fully saturated rings. The highest BCUT2D eigenvalue weighted by molar-refractivity contribution is 5.35. The number of rotatable bonds is 1. The summed E-state index contributed by atoms with van der Waals surface area (Å²) < 4.78 is 26.3. The van der Waals surface area contributed by atoms with E-state index in [2.05, 4.69) is 0 Å². The maximum absolute atomic E-state index is 13.4. The lowest BCUT2D eigenvalue weighted by Crippen LogP contribution is -2.06. The van der Waals surface area contributed by atoms with E-state index in [-0.39, 0.29) is 23.2 Å². The van der Waals surface area contributed by atoms with E-state index in [1.54, 1.807) is 0 Å². The van der Waals surface area contributed by atoms with Crippen molar-refractivity contribution in [3.05, 3.63) is 35.4 Å². The van der Waals surface area contributed by atoms with Gasteiger partial charge in [-0.05, 0) is 29.2 Å². The van der Waals surface area contributed by atoms with Crippen molar-refractivity contribution in [3.8, 4) is 0 Å². The van der Waals surface area contributed by atoms with Crippen LogP contribution in [-0.4, -0.2) is 6.04 Å². The van der Waals surface area contributed by atoms with Crippen LogP contribution in [0.5, 0.6) is 0 Å². The van der Waals surface area contributed by atoms with Gasteiger partial charge in [-0.25, -0.2) is 8.78 Å². The van der Waals surface area contributed by atoms with Crippen LogP contribution >= 0.6 is 0 Å². The van der Waals surface area contributed by atoms with E-state index in [0.29, 0.717) is 5.56 Å². The Morgan fingerprint density at radius 1 is 1.29 bits per heavy atom. The summed E-state index contributed by atoms with van der Waals surface area (Å²) in [7, 11) is 0. The van der Waals surface area contributed by atoms with E-state index in [0.717, 1.165) is 12.1 Å². The van der Waals surface area contributed by atoms with Crippen molar-refractivity contribution in [1.82, 2.24) is 0 Å². The first-order valence-corrected chi connectivity index (χ1v) is 4.65. The summed E-state index contributed by atoms with van der Waals surface area (Å²) in [4.78, 5) is 0. The summed E-state index contributed by atoms with van der Waals surface area (Å²) in [6.45, 7) is 3.93. The fourth-order valence-corrected chi connectivity index (χ4v) is 2.02. The Bertz CT molecular complexity index is 374. The molecule has 1 saturated carbocycles. The molecule has 0 aliphatic heterocycles. The number of benzene rings is 1. The third-order valence-corrected chi connectivity index (χ3v) is 3.20. The van der Waals surface area contributed by atoms with Crippen LogP contribution in [0.2, 0.25) is 0 Å². The zero-order valence-corrected chi connectivity index (χ0v) is 8.22. The summed E-state index contributed by atoms with van der Waals surface area (Å²) in [5.41, 5.74) is 6.09. The van der Waals surface area contributed by atoms with Crippen LogP contribution in [-0.2, 0) is 0 Å². The standard InChI is InChI=1S/C11H13F2N/c1-11(2)9(10(11)14)7-5-6(12)3-4-8(7)13/h3-5,9-10H,14H2,1-2H3/t9-,10-/m0/s1. The molecule has 3 heteroatoms. The van der Waals surface area contributed by atoms with Crippen LogP contribution < -0.4 is 5.73 Å². The minimum absolute atomic E-state index is 0.0572. The Balaban J connectivity index is 2.39. The zero-order chi connectivity index (χ0) is 10.5. The van der Waals surface area contributed by atoms with Crippen molar-refractivity contribution in [2.75, 3.05) is 0 Å². The van der Waals surface area contributed by atoms with Crippen molar-refractivity contribution < 1.29 is 8.78 Å². The molecule has 2 rings (SSSR count). The highest BCUT2D eigenvalue weighted by Gasteiger charge is 2.57. The fourth-order valence-electron chi connectivity index (χ4n) is 2.02. The van der Waals surface area contributed by atoms with E-state index in [1.807, 2.05) is 13.8 Å². The molecule has 0 amide bonds. The lowest BCUT2D eigenvalue weighted by Gasteiger charge is -2.04. The summed E-state index contributed by atoms with van der Waals surface area (Å²) >= 11 is 0. The van der Waals surface area contributed by atoms with Crippen molar-refractivity contribution in [1.29, 1.82) is 0 Å². The minimum atomic E-state index is -0.406. The van der Waals surface area contributed by atoms with Gasteiger partial charge in [0.05, 0.1) is 0 Å². The third kappa shape index (κ3) is 1.23. The fraction of sp³-hybridized carbons (Fsp3) is 0.455. The Labute approximate surface area is 81.9 Å². The van der Waals surface area contributed by atoms with E-state index in [4.69, 9.17) is 5.73 Å². The van der Waals surface area contributed by atoms with Gasteiger partial charge in [0.15, 0.2) is 0 Å². The molecule has 1 nitrogen and oxygen atoms in total. The first kappa shape index (κ1) is 9.59. The van der Waals surface area contributed by atoms with Gasteiger partial charge in [0.2, 0.25) is 0 Å². The molecule has 14 heavy (non-hydrogen) atoms. The summed E-state index contributed by atoms with van der Waals surface area (Å²) in [5, 5.41) is 0. The molecule has 0 heterocycles. The number of hydrogen-bond acceptors (Lipinski definition) is 1. The number of hydrogen-bond donors (Lipinski definition) is 1. The molecule has 1 aliphatic rings. The Hall–Kier alpha value is -0.960. The van der Waals surface area contributed by atoms with Gasteiger partial charge in [0.1, 0.15) is 11.6 Å². The van der Waals surface area contributed by atoms with Gasteiger partial charge in [0, 0.05) is 12.0 Å². The van der Waals surface area contributed by atoms with Gasteiger partial charge in [-0.2, -0.15) is 0 Å². The normalized spacial score (nSPS) is 28.9. The second kappa shape index (κ2) is 2.76. The molecule has 1 aromatic carbocycles. The van der Waals surface area contributed by atoms with Gasteiger partial charge in [0.25, 0.3) is 0 Å². The monoisotopic (exact) mass is 197 g/mol. The maximum atomic E-state index is 13.4. The predicted octanol–water partition coefficient (Wildman–Crippen LogP) is 2.42. The van der Waals surface area contributed by atoms with E-state index >= 15 is 0 Å². The Morgan fingerprint density at radius 3 is 2.36 bits per heavy atom. The molecular formula is C11H13F2N. The second-order valence-electron chi connectivity index (χ2n) is 4.49. The summed E-state index contributed by atoms with van der Waals surface area (Å²) in [6.07, 6.45) is 0. The quantitative estimate of drug-likeness (QED) is 0.735. The van der Waals surface area contributed by atoms with Crippen molar-refractivity contribution in [2.24, 2.45) is 11.1 Å². The third-order valence-electron chi connectivity index (χ3n) is 3.20. The molecular weight excluding hydrogens is 184 g/mol. The minimum Gasteiger partial charge on any atom is -0.327 e. The number of nitrogens with two attached hydrogens (primary N) is 1. The van der Waals surface area contributed by atoms with Crippen LogP contribution in [0, 0.1) is 17.0 Å². The average Bonchev–Trinajstić information content (AvgIpc) is 2.58. The van der Waals surface area contributed by atoms with Crippen LogP contribution in [0.1, 0.15) is 25.3 Å². The van der Waals surface area contributed by atoms with Crippen LogP contribution in [0.15, 0.2) is 18.2 Å². The summed E-state index contributed by atoms with van der Waals surface area (Å²) in [5.74, 6) is -0.827. The molecule has 1 aliphatic carbocycles. The SMILES string of the molecule is CC1(C)[C@@H](N)[C@@H]1c1cc(F)ccc1F. The highest BCUT2D eigenvalue weighted by atomic mass is 19.1. The van der Waals surface area contributed by atoms with Crippen molar-refractivity contribution in [2.45, 2.75) is 25.8 Å². The van der Waals surface area contributed by atoms with Crippen molar-refractivity contribution >= 4 is 0 Å². The van der Waals surface area contributed by atoms with Crippen LogP contribution in [0.3, 0.4) is 0 Å². The van der Waals surface area contributed by atoms with Gasteiger partial charge in [-0.15, -0.1) is 0 Å². The van der Waals surface area contributed by atoms with Crippen LogP contribution in [0.25, 0.3) is 0 Å². The van der Waals surface area contributed by atoms with Gasteiger partial charge < -0.3 is 5.73 Å². The van der Waals surface area contributed by atoms with Gasteiger partial charge >= 0.3 is 0 Å². The Morgan fingerprint density at radius 2 is 1.86 bits per heavy atom. The average molecular weight is 197 g/mol. The molecule has 2 N–H and O–H groups in total. The van der Waals surface area contributed by atoms with Crippen molar-refractivity contribution in [3.63, 3.8) is 0 Å². The molecule has 0 radical (unpaired) electrons. The summed E-state index contributed by atoms with van der Waals surface area (Å²) in [6, 6.07) is 3.46. The molecule has 0 unspecified atom stereocenters. The lowest BCUT2D eigenvalue weighted by molar-refractivity contribution is 0.559. The second-order valence-corrected chi connectivity index (χ2v) is 4.49. The molecule has 1 aromatic rings. The van der Waals surface area contributed by atoms with Gasteiger partial charge in [-0.3, -0.25) is 0 Å². The highest BCUT2D eigenvalue weighted by Crippen LogP contribution is 2.57. The van der Waals surface area contributed by atoms with Gasteiger partial charge in [-0.1, -0.05) is 13.8 Å². The number of halogens is 2. The molecule has 0 aromatic heterocycles. The largest absolute Gasteiger partial charge is 0.327 e. The maximum Gasteiger partial charge on any atom is 0.126 e. The lowest BCUT2D eigenvalue weighted by atomic mass is 10.0. The topological polar surface area (TPSA) is 26.0 Å². The van der Waals surface area contributed by atoms with E-state index < -0.39 is 5.82 Å². The molecule has 0 bridgehead atoms. The zero-order valence-electron chi connectivity index (χ0n) is 8.22. The smallest absolute Gasteiger partial charge is 0.126 e. The Kier molecular flexibility index (Phi) is 1.89. The molecule has 0 saturated heterocycles. The first-order valence-electron chi connectivity index (χ1n) is 4.65. The molecule has 2 atom stereocenters. The molecule has 0 spiro atoms. The molecule has 76 valence electrons. The van der Waals surface area contributed by atoms with E-state index in [1.165, 1.54) is 6.07 Å². The predicted molar refractivity (Wildman–Crippen MR) is 50.9 cm³/mol. The first-order chi connectivity index (χ1) is 6.44.